The number of carbonyl (C=O) groups is 1. The number of aromatic nitrogens is 1. The van der Waals surface area contributed by atoms with E-state index in [1.165, 1.54) is 0 Å². The highest BCUT2D eigenvalue weighted by Gasteiger charge is 2.26. The minimum Gasteiger partial charge on any atom is -0.444 e. The number of aliphatic imine (C=N–C) groups is 1. The average Bonchev–Trinajstić information content (AvgIpc) is 2.64. The molecular formula is C19H33IN6O2. The number of guanidine groups is 1. The van der Waals surface area contributed by atoms with Gasteiger partial charge in [-0.15, -0.1) is 24.0 Å². The lowest BCUT2D eigenvalue weighted by Gasteiger charge is -2.36. The number of pyridine rings is 1. The lowest BCUT2D eigenvalue weighted by atomic mass is 10.2. The van der Waals surface area contributed by atoms with Gasteiger partial charge in [-0.1, -0.05) is 6.07 Å². The van der Waals surface area contributed by atoms with E-state index in [2.05, 4.69) is 15.3 Å². The van der Waals surface area contributed by atoms with Crippen molar-refractivity contribution < 1.29 is 9.53 Å². The predicted molar refractivity (Wildman–Crippen MR) is 123 cm³/mol. The van der Waals surface area contributed by atoms with Crippen molar-refractivity contribution >= 4 is 41.8 Å². The van der Waals surface area contributed by atoms with Crippen LogP contribution in [0.2, 0.25) is 0 Å². The fraction of sp³-hybridized carbons (Fsp3) is 0.632. The van der Waals surface area contributed by atoms with Crippen molar-refractivity contribution in [1.29, 1.82) is 0 Å². The minimum absolute atomic E-state index is 0. The molecule has 1 aromatic rings. The number of hydrogen-bond acceptors (Lipinski definition) is 5. The Kier molecular flexibility index (Phi) is 10.3. The molecule has 2 rings (SSSR count). The SMILES string of the molecule is CC(C)(C)OC(=O)N1CCN(C(N)=NCCCCNc2ccccn2)CC1.I. The van der Waals surface area contributed by atoms with E-state index in [0.717, 1.165) is 25.2 Å². The van der Waals surface area contributed by atoms with Crippen molar-refractivity contribution in [2.75, 3.05) is 44.6 Å². The summed E-state index contributed by atoms with van der Waals surface area (Å²) in [5.74, 6) is 1.44. The first-order chi connectivity index (χ1) is 12.8. The molecule has 0 aromatic carbocycles. The fourth-order valence-electron chi connectivity index (χ4n) is 2.66. The zero-order valence-electron chi connectivity index (χ0n) is 17.1. The molecule has 0 unspecified atom stereocenters. The Balaban J connectivity index is 0.00000392. The van der Waals surface area contributed by atoms with Gasteiger partial charge < -0.3 is 25.6 Å². The van der Waals surface area contributed by atoms with Gasteiger partial charge in [-0.3, -0.25) is 4.99 Å². The van der Waals surface area contributed by atoms with Crippen LogP contribution in [0.25, 0.3) is 0 Å². The number of ether oxygens (including phenoxy) is 1. The normalized spacial score (nSPS) is 15.0. The lowest BCUT2D eigenvalue weighted by Crippen LogP contribution is -2.53. The Morgan fingerprint density at radius 2 is 1.89 bits per heavy atom. The summed E-state index contributed by atoms with van der Waals surface area (Å²) in [6.07, 6.45) is 3.46. The van der Waals surface area contributed by atoms with Crippen LogP contribution in [0.3, 0.4) is 0 Å². The molecule has 8 nitrogen and oxygen atoms in total. The summed E-state index contributed by atoms with van der Waals surface area (Å²) in [5, 5.41) is 3.28. The number of nitrogens with zero attached hydrogens (tertiary/aromatic N) is 4. The first-order valence-corrected chi connectivity index (χ1v) is 9.53. The number of piperazine rings is 1. The van der Waals surface area contributed by atoms with Crippen LogP contribution in [0, 0.1) is 0 Å². The fourth-order valence-corrected chi connectivity index (χ4v) is 2.66. The number of anilines is 1. The van der Waals surface area contributed by atoms with Gasteiger partial charge in [0.25, 0.3) is 0 Å². The Hall–Kier alpha value is -1.78. The van der Waals surface area contributed by atoms with Crippen molar-refractivity contribution in [2.45, 2.75) is 39.2 Å². The van der Waals surface area contributed by atoms with Gasteiger partial charge in [-0.05, 0) is 45.7 Å². The molecule has 0 spiro atoms. The van der Waals surface area contributed by atoms with E-state index in [4.69, 9.17) is 10.5 Å². The third kappa shape index (κ3) is 8.94. The summed E-state index contributed by atoms with van der Waals surface area (Å²) in [6.45, 7) is 9.72. The Morgan fingerprint density at radius 1 is 1.21 bits per heavy atom. The van der Waals surface area contributed by atoms with Crippen molar-refractivity contribution in [1.82, 2.24) is 14.8 Å². The number of hydrogen-bond donors (Lipinski definition) is 2. The minimum atomic E-state index is -0.472. The molecule has 0 saturated carbocycles. The second kappa shape index (κ2) is 11.9. The Labute approximate surface area is 184 Å². The molecule has 1 amide bonds. The predicted octanol–water partition coefficient (Wildman–Crippen LogP) is 2.76. The number of nitrogens with one attached hydrogen (secondary N) is 1. The summed E-state index contributed by atoms with van der Waals surface area (Å²) in [4.78, 5) is 24.5. The number of nitrogens with two attached hydrogens (primary N) is 1. The molecule has 3 N–H and O–H groups in total. The van der Waals surface area contributed by atoms with Gasteiger partial charge in [0.15, 0.2) is 5.96 Å². The van der Waals surface area contributed by atoms with Crippen molar-refractivity contribution in [3.05, 3.63) is 24.4 Å². The average molecular weight is 504 g/mol. The molecule has 0 atom stereocenters. The van der Waals surface area contributed by atoms with Gasteiger partial charge in [-0.2, -0.15) is 0 Å². The van der Waals surface area contributed by atoms with E-state index in [1.54, 1.807) is 11.1 Å². The second-order valence-corrected chi connectivity index (χ2v) is 7.54. The topological polar surface area (TPSA) is 96.1 Å². The van der Waals surface area contributed by atoms with E-state index >= 15 is 0 Å². The summed E-state index contributed by atoms with van der Waals surface area (Å²) < 4.78 is 5.40. The summed E-state index contributed by atoms with van der Waals surface area (Å²) in [7, 11) is 0. The molecule has 0 aliphatic carbocycles. The summed E-state index contributed by atoms with van der Waals surface area (Å²) in [5.41, 5.74) is 5.62. The molecule has 1 aliphatic rings. The maximum Gasteiger partial charge on any atom is 0.410 e. The van der Waals surface area contributed by atoms with Crippen LogP contribution in [-0.2, 0) is 4.74 Å². The van der Waals surface area contributed by atoms with Crippen LogP contribution < -0.4 is 11.1 Å². The summed E-state index contributed by atoms with van der Waals surface area (Å²) in [6, 6.07) is 5.81. The van der Waals surface area contributed by atoms with E-state index in [0.29, 0.717) is 38.7 Å². The maximum absolute atomic E-state index is 12.1. The van der Waals surface area contributed by atoms with E-state index < -0.39 is 5.60 Å². The highest BCUT2D eigenvalue weighted by Crippen LogP contribution is 2.11. The molecule has 1 saturated heterocycles. The van der Waals surface area contributed by atoms with Crippen LogP contribution in [0.4, 0.5) is 10.6 Å². The molecule has 0 bridgehead atoms. The molecule has 1 aromatic heterocycles. The smallest absolute Gasteiger partial charge is 0.410 e. The zero-order valence-corrected chi connectivity index (χ0v) is 19.4. The number of carbonyl (C=O) groups excluding carboxylic acids is 1. The second-order valence-electron chi connectivity index (χ2n) is 7.54. The van der Waals surface area contributed by atoms with Gasteiger partial charge >= 0.3 is 6.09 Å². The maximum atomic E-state index is 12.1. The highest BCUT2D eigenvalue weighted by molar-refractivity contribution is 14.0. The van der Waals surface area contributed by atoms with Gasteiger partial charge in [0.05, 0.1) is 0 Å². The van der Waals surface area contributed by atoms with Gasteiger partial charge in [-0.25, -0.2) is 9.78 Å². The Bertz CT molecular complexity index is 613. The first kappa shape index (κ1) is 24.3. The molecule has 1 aliphatic heterocycles. The third-order valence-electron chi connectivity index (χ3n) is 4.09. The van der Waals surface area contributed by atoms with Crippen LogP contribution in [0.15, 0.2) is 29.4 Å². The number of amides is 1. The summed E-state index contributed by atoms with van der Waals surface area (Å²) >= 11 is 0. The van der Waals surface area contributed by atoms with Crippen molar-refractivity contribution in [3.63, 3.8) is 0 Å². The van der Waals surface area contributed by atoms with Crippen LogP contribution in [0.1, 0.15) is 33.6 Å². The van der Waals surface area contributed by atoms with E-state index in [-0.39, 0.29) is 30.1 Å². The van der Waals surface area contributed by atoms with E-state index in [9.17, 15) is 4.79 Å². The number of rotatable bonds is 6. The Morgan fingerprint density at radius 3 is 2.50 bits per heavy atom. The zero-order chi connectivity index (χ0) is 19.7. The van der Waals surface area contributed by atoms with Gasteiger partial charge in [0.2, 0.25) is 0 Å². The molecule has 1 fully saturated rings. The largest absolute Gasteiger partial charge is 0.444 e. The first-order valence-electron chi connectivity index (χ1n) is 9.53. The van der Waals surface area contributed by atoms with Crippen LogP contribution in [0.5, 0.6) is 0 Å². The van der Waals surface area contributed by atoms with Gasteiger partial charge in [0.1, 0.15) is 11.4 Å². The van der Waals surface area contributed by atoms with Crippen molar-refractivity contribution in [2.24, 2.45) is 10.7 Å². The lowest BCUT2D eigenvalue weighted by molar-refractivity contribution is 0.0186. The van der Waals surface area contributed by atoms with E-state index in [1.807, 2.05) is 43.9 Å². The standard InChI is InChI=1S/C19H32N6O2.HI/c1-19(2,3)27-18(26)25-14-12-24(13-15-25)17(20)23-11-7-6-10-22-16-8-4-5-9-21-16;/h4-5,8-9H,6-7,10-15H2,1-3H3,(H2,20,23)(H,21,22);1H. The number of halogens is 1. The quantitative estimate of drug-likeness (QED) is 0.268. The monoisotopic (exact) mass is 504 g/mol. The van der Waals surface area contributed by atoms with Gasteiger partial charge in [0, 0.05) is 45.5 Å². The van der Waals surface area contributed by atoms with Crippen LogP contribution >= 0.6 is 24.0 Å². The molecule has 28 heavy (non-hydrogen) atoms. The molecule has 158 valence electrons. The van der Waals surface area contributed by atoms with Crippen molar-refractivity contribution in [3.8, 4) is 0 Å². The molecular weight excluding hydrogens is 471 g/mol. The van der Waals surface area contributed by atoms with Crippen LogP contribution in [-0.4, -0.2) is 71.7 Å². The molecule has 0 radical (unpaired) electrons. The highest BCUT2D eigenvalue weighted by atomic mass is 127. The number of unbranched alkanes of at least 4 members (excludes halogenated alkanes) is 1. The molecule has 9 heteroatoms. The molecule has 2 heterocycles. The third-order valence-corrected chi connectivity index (χ3v) is 4.09.